The summed E-state index contributed by atoms with van der Waals surface area (Å²) in [6, 6.07) is 12.9. The van der Waals surface area contributed by atoms with Gasteiger partial charge in [-0.2, -0.15) is 0 Å². The fourth-order valence-electron chi connectivity index (χ4n) is 3.78. The van der Waals surface area contributed by atoms with Crippen molar-refractivity contribution in [2.75, 3.05) is 13.7 Å². The molecule has 4 nitrogen and oxygen atoms in total. The maximum atomic E-state index is 10.3. The maximum Gasteiger partial charge on any atom is 0.123 e. The van der Waals surface area contributed by atoms with Crippen LogP contribution in [-0.4, -0.2) is 46.5 Å². The Kier molecular flexibility index (Phi) is 7.05. The first-order chi connectivity index (χ1) is 13.5. The fraction of sp³-hybridized carbons (Fsp3) is 0.478. The quantitative estimate of drug-likeness (QED) is 0.691. The van der Waals surface area contributed by atoms with Gasteiger partial charge in [-0.25, -0.2) is 0 Å². The predicted molar refractivity (Wildman–Crippen MR) is 114 cm³/mol. The zero-order chi connectivity index (χ0) is 20.3. The van der Waals surface area contributed by atoms with Gasteiger partial charge in [0.05, 0.1) is 31.2 Å². The second kappa shape index (κ2) is 9.31. The van der Waals surface area contributed by atoms with E-state index in [2.05, 4.69) is 50.2 Å². The van der Waals surface area contributed by atoms with E-state index < -0.39 is 17.5 Å². The zero-order valence-electron chi connectivity index (χ0n) is 16.8. The summed E-state index contributed by atoms with van der Waals surface area (Å²) < 4.78 is 5.63. The van der Waals surface area contributed by atoms with Crippen molar-refractivity contribution in [3.63, 3.8) is 0 Å². The Morgan fingerprint density at radius 2 is 1.79 bits per heavy atom. The van der Waals surface area contributed by atoms with Crippen molar-refractivity contribution in [1.82, 2.24) is 0 Å². The summed E-state index contributed by atoms with van der Waals surface area (Å²) in [4.78, 5) is 0. The Morgan fingerprint density at radius 1 is 1.11 bits per heavy atom. The second-order valence-electron chi connectivity index (χ2n) is 7.51. The van der Waals surface area contributed by atoms with E-state index in [4.69, 9.17) is 4.74 Å². The Hall–Kier alpha value is -1.53. The summed E-state index contributed by atoms with van der Waals surface area (Å²) in [6.45, 7) is 4.08. The first-order valence-corrected chi connectivity index (χ1v) is 10.8. The van der Waals surface area contributed by atoms with E-state index in [1.807, 2.05) is 0 Å². The van der Waals surface area contributed by atoms with Gasteiger partial charge in [0.25, 0.3) is 0 Å². The normalized spacial score (nSPS) is 24.9. The Balaban J connectivity index is 1.91. The van der Waals surface area contributed by atoms with E-state index >= 15 is 0 Å². The maximum absolute atomic E-state index is 10.3. The SMILES string of the molecule is CCc1ccc(Cc2cc([C@H]3C[C@@H](O)[C@H](O)[C@@H](CO)S3)c(OC)cc2C)cc1. The first kappa shape index (κ1) is 21.2. The zero-order valence-corrected chi connectivity index (χ0v) is 17.6. The fourth-order valence-corrected chi connectivity index (χ4v) is 5.27. The summed E-state index contributed by atoms with van der Waals surface area (Å²) in [5.74, 6) is 0.792. The van der Waals surface area contributed by atoms with Gasteiger partial charge in [-0.15, -0.1) is 11.8 Å². The molecule has 1 fully saturated rings. The number of methoxy groups -OCH3 is 1. The van der Waals surface area contributed by atoms with Crippen LogP contribution in [0.1, 0.15) is 46.4 Å². The molecule has 1 saturated heterocycles. The van der Waals surface area contributed by atoms with E-state index in [-0.39, 0.29) is 11.9 Å². The highest BCUT2D eigenvalue weighted by molar-refractivity contribution is 8.00. The lowest BCUT2D eigenvalue weighted by Gasteiger charge is -2.36. The Morgan fingerprint density at radius 3 is 2.39 bits per heavy atom. The number of hydrogen-bond acceptors (Lipinski definition) is 5. The van der Waals surface area contributed by atoms with Gasteiger partial charge in [-0.05, 0) is 54.5 Å². The van der Waals surface area contributed by atoms with E-state index in [9.17, 15) is 15.3 Å². The van der Waals surface area contributed by atoms with Crippen LogP contribution in [0.15, 0.2) is 36.4 Å². The molecule has 28 heavy (non-hydrogen) atoms. The number of thioether (sulfide) groups is 1. The van der Waals surface area contributed by atoms with E-state index in [1.165, 1.54) is 34.0 Å². The largest absolute Gasteiger partial charge is 0.496 e. The summed E-state index contributed by atoms with van der Waals surface area (Å²) in [7, 11) is 1.66. The van der Waals surface area contributed by atoms with Crippen LogP contribution >= 0.6 is 11.8 Å². The second-order valence-corrected chi connectivity index (χ2v) is 8.95. The molecule has 0 bridgehead atoms. The number of aryl methyl sites for hydroxylation is 2. The summed E-state index contributed by atoms with van der Waals surface area (Å²) in [6.07, 6.45) is 0.551. The molecule has 0 aliphatic carbocycles. The lowest BCUT2D eigenvalue weighted by molar-refractivity contribution is -0.000283. The number of benzene rings is 2. The van der Waals surface area contributed by atoms with Crippen molar-refractivity contribution < 1.29 is 20.1 Å². The number of hydrogen-bond donors (Lipinski definition) is 3. The molecule has 1 aliphatic rings. The van der Waals surface area contributed by atoms with Crippen LogP contribution in [0.3, 0.4) is 0 Å². The van der Waals surface area contributed by atoms with Crippen LogP contribution in [0.25, 0.3) is 0 Å². The van der Waals surface area contributed by atoms with Crippen molar-refractivity contribution in [2.24, 2.45) is 0 Å². The number of rotatable bonds is 6. The third kappa shape index (κ3) is 4.54. The molecule has 0 unspecified atom stereocenters. The minimum Gasteiger partial charge on any atom is -0.496 e. The molecule has 4 atom stereocenters. The molecule has 1 aliphatic heterocycles. The summed E-state index contributed by atoms with van der Waals surface area (Å²) in [5.41, 5.74) is 6.00. The predicted octanol–water partition coefficient (Wildman–Crippen LogP) is 3.42. The molecule has 3 rings (SSSR count). The molecule has 0 radical (unpaired) electrons. The summed E-state index contributed by atoms with van der Waals surface area (Å²) >= 11 is 1.51. The highest BCUT2D eigenvalue weighted by atomic mass is 32.2. The van der Waals surface area contributed by atoms with Crippen LogP contribution in [-0.2, 0) is 12.8 Å². The standard InChI is InChI=1S/C23H30O4S/c1-4-15-5-7-16(8-6-15)10-17-11-18(20(27-3)9-14(17)2)21-12-19(25)23(26)22(13-24)28-21/h5-9,11,19,21-26H,4,10,12-13H2,1-3H3/t19-,21-,22-,23+/m1/s1. The van der Waals surface area contributed by atoms with Crippen molar-refractivity contribution in [3.8, 4) is 5.75 Å². The molecule has 152 valence electrons. The Labute approximate surface area is 171 Å². The number of aliphatic hydroxyl groups excluding tert-OH is 3. The molecule has 1 heterocycles. The molecule has 0 spiro atoms. The number of aliphatic hydroxyl groups is 3. The van der Waals surface area contributed by atoms with Gasteiger partial charge in [-0.1, -0.05) is 37.3 Å². The van der Waals surface area contributed by atoms with E-state index in [1.54, 1.807) is 7.11 Å². The molecule has 0 amide bonds. The Bertz CT molecular complexity index is 790. The van der Waals surface area contributed by atoms with Gasteiger partial charge in [0.15, 0.2) is 0 Å². The van der Waals surface area contributed by atoms with Crippen LogP contribution in [0.2, 0.25) is 0 Å². The highest BCUT2D eigenvalue weighted by Crippen LogP contribution is 2.46. The third-order valence-corrected chi connectivity index (χ3v) is 7.16. The monoisotopic (exact) mass is 402 g/mol. The highest BCUT2D eigenvalue weighted by Gasteiger charge is 2.37. The van der Waals surface area contributed by atoms with Crippen LogP contribution in [0.5, 0.6) is 5.75 Å². The lowest BCUT2D eigenvalue weighted by atomic mass is 9.93. The van der Waals surface area contributed by atoms with Gasteiger partial charge in [-0.3, -0.25) is 0 Å². The molecule has 0 saturated carbocycles. The molecule has 3 N–H and O–H groups in total. The smallest absolute Gasteiger partial charge is 0.123 e. The van der Waals surface area contributed by atoms with Crippen LogP contribution in [0.4, 0.5) is 0 Å². The average molecular weight is 403 g/mol. The van der Waals surface area contributed by atoms with E-state index in [0.717, 1.165) is 24.2 Å². The summed E-state index contributed by atoms with van der Waals surface area (Å²) in [5, 5.41) is 29.5. The molecule has 0 aromatic heterocycles. The number of ether oxygens (including phenoxy) is 1. The van der Waals surface area contributed by atoms with Gasteiger partial charge < -0.3 is 20.1 Å². The minimum atomic E-state index is -0.903. The first-order valence-electron chi connectivity index (χ1n) is 9.84. The lowest BCUT2D eigenvalue weighted by Crippen LogP contribution is -2.42. The molecule has 5 heteroatoms. The molecular formula is C23H30O4S. The van der Waals surface area contributed by atoms with Gasteiger partial charge >= 0.3 is 0 Å². The van der Waals surface area contributed by atoms with E-state index in [0.29, 0.717) is 6.42 Å². The van der Waals surface area contributed by atoms with Crippen molar-refractivity contribution in [1.29, 1.82) is 0 Å². The molecule has 2 aromatic carbocycles. The topological polar surface area (TPSA) is 69.9 Å². The molecule has 2 aromatic rings. The minimum absolute atomic E-state index is 0.0349. The van der Waals surface area contributed by atoms with Crippen LogP contribution < -0.4 is 4.74 Å². The van der Waals surface area contributed by atoms with Gasteiger partial charge in [0, 0.05) is 10.8 Å². The van der Waals surface area contributed by atoms with Gasteiger partial charge in [0.1, 0.15) is 5.75 Å². The van der Waals surface area contributed by atoms with Crippen molar-refractivity contribution >= 4 is 11.8 Å². The van der Waals surface area contributed by atoms with Crippen molar-refractivity contribution in [2.45, 2.75) is 55.8 Å². The average Bonchev–Trinajstić information content (AvgIpc) is 2.71. The third-order valence-electron chi connectivity index (χ3n) is 5.61. The van der Waals surface area contributed by atoms with Crippen LogP contribution in [0, 0.1) is 6.92 Å². The molecular weight excluding hydrogens is 372 g/mol. The van der Waals surface area contributed by atoms with Crippen molar-refractivity contribution in [3.05, 3.63) is 64.2 Å². The van der Waals surface area contributed by atoms with Gasteiger partial charge in [0.2, 0.25) is 0 Å².